The van der Waals surface area contributed by atoms with Crippen molar-refractivity contribution in [3.05, 3.63) is 53.6 Å². The molecule has 8 nitrogen and oxygen atoms in total. The standard InChI is InChI=1S/C17H17N5O3S2.ClH/c1-27(24,25)11-7-12(15(23)22-16(18)19)14-13(8-11)20-17(21-14)26-9-10-5-3-2-4-6-10;/h2-8H,9H2,1H3,(H,20,21)(H4,18,19,22,23);1H. The number of hydrogen-bond acceptors (Lipinski definition) is 5. The minimum absolute atomic E-state index is 0. The molecule has 0 fully saturated rings. The molecule has 0 unspecified atom stereocenters. The van der Waals surface area contributed by atoms with E-state index < -0.39 is 21.7 Å². The van der Waals surface area contributed by atoms with Crippen molar-refractivity contribution in [1.82, 2.24) is 9.97 Å². The molecule has 0 atom stereocenters. The number of thioether (sulfide) groups is 1. The Bertz CT molecular complexity index is 1140. The number of sulfone groups is 1. The number of aromatic nitrogens is 2. The van der Waals surface area contributed by atoms with Crippen LogP contribution in [0.1, 0.15) is 15.9 Å². The van der Waals surface area contributed by atoms with Crippen molar-refractivity contribution in [1.29, 1.82) is 0 Å². The van der Waals surface area contributed by atoms with Gasteiger partial charge in [-0.2, -0.15) is 4.99 Å². The minimum Gasteiger partial charge on any atom is -0.370 e. The molecule has 28 heavy (non-hydrogen) atoms. The highest BCUT2D eigenvalue weighted by molar-refractivity contribution is 7.98. The van der Waals surface area contributed by atoms with Crippen LogP contribution >= 0.6 is 24.2 Å². The number of rotatable bonds is 5. The molecule has 3 rings (SSSR count). The number of aliphatic imine (C=N–C) groups is 1. The van der Waals surface area contributed by atoms with Gasteiger partial charge in [0.15, 0.2) is 21.0 Å². The predicted molar refractivity (Wildman–Crippen MR) is 113 cm³/mol. The van der Waals surface area contributed by atoms with Crippen molar-refractivity contribution < 1.29 is 13.2 Å². The van der Waals surface area contributed by atoms with Crippen LogP contribution in [0.4, 0.5) is 0 Å². The highest BCUT2D eigenvalue weighted by Gasteiger charge is 2.19. The molecule has 2 aromatic carbocycles. The maximum atomic E-state index is 12.3. The highest BCUT2D eigenvalue weighted by atomic mass is 35.5. The summed E-state index contributed by atoms with van der Waals surface area (Å²) >= 11 is 1.43. The van der Waals surface area contributed by atoms with Gasteiger partial charge in [-0.25, -0.2) is 13.4 Å². The van der Waals surface area contributed by atoms with E-state index in [4.69, 9.17) is 11.5 Å². The predicted octanol–water partition coefficient (Wildman–Crippen LogP) is 2.09. The van der Waals surface area contributed by atoms with Crippen molar-refractivity contribution in [3.63, 3.8) is 0 Å². The molecular weight excluding hydrogens is 422 g/mol. The first-order valence-electron chi connectivity index (χ1n) is 7.78. The number of benzene rings is 2. The number of carbonyl (C=O) groups excluding carboxylic acids is 1. The molecule has 0 aliphatic carbocycles. The molecule has 3 aromatic rings. The number of hydrogen-bond donors (Lipinski definition) is 3. The Balaban J connectivity index is 0.00000280. The van der Waals surface area contributed by atoms with Crippen molar-refractivity contribution in [2.24, 2.45) is 16.5 Å². The number of imidazole rings is 1. The van der Waals surface area contributed by atoms with Gasteiger partial charge in [-0.05, 0) is 17.7 Å². The zero-order valence-electron chi connectivity index (χ0n) is 14.7. The minimum atomic E-state index is -3.54. The van der Waals surface area contributed by atoms with Gasteiger partial charge in [0, 0.05) is 12.0 Å². The summed E-state index contributed by atoms with van der Waals surface area (Å²) in [5.74, 6) is -0.500. The summed E-state index contributed by atoms with van der Waals surface area (Å²) in [6, 6.07) is 12.5. The lowest BCUT2D eigenvalue weighted by Crippen LogP contribution is -2.24. The Morgan fingerprint density at radius 3 is 2.50 bits per heavy atom. The van der Waals surface area contributed by atoms with Gasteiger partial charge in [-0.1, -0.05) is 42.1 Å². The lowest BCUT2D eigenvalue weighted by molar-refractivity contribution is 0.100. The average molecular weight is 440 g/mol. The van der Waals surface area contributed by atoms with E-state index >= 15 is 0 Å². The van der Waals surface area contributed by atoms with Crippen LogP contribution in [0.3, 0.4) is 0 Å². The Kier molecular flexibility index (Phi) is 6.70. The van der Waals surface area contributed by atoms with E-state index in [0.29, 0.717) is 21.9 Å². The Labute approximate surface area is 172 Å². The summed E-state index contributed by atoms with van der Waals surface area (Å²) in [5, 5.41) is 0.554. The average Bonchev–Trinajstić information content (AvgIpc) is 3.01. The van der Waals surface area contributed by atoms with Gasteiger partial charge in [-0.3, -0.25) is 4.79 Å². The summed E-state index contributed by atoms with van der Waals surface area (Å²) in [5.41, 5.74) is 12.4. The van der Waals surface area contributed by atoms with Crippen molar-refractivity contribution in [2.45, 2.75) is 15.8 Å². The van der Waals surface area contributed by atoms with E-state index in [1.807, 2.05) is 30.3 Å². The quantitative estimate of drug-likeness (QED) is 0.313. The highest BCUT2D eigenvalue weighted by Crippen LogP contribution is 2.27. The van der Waals surface area contributed by atoms with Crippen molar-refractivity contribution >= 4 is 56.9 Å². The number of H-pyrrole nitrogens is 1. The largest absolute Gasteiger partial charge is 0.370 e. The Morgan fingerprint density at radius 1 is 1.21 bits per heavy atom. The lowest BCUT2D eigenvalue weighted by atomic mass is 10.2. The first-order chi connectivity index (χ1) is 12.7. The SMILES string of the molecule is CS(=O)(=O)c1cc(C(=O)N=C(N)N)c2nc(SCc3ccccc3)[nH]c2c1.Cl. The van der Waals surface area contributed by atoms with E-state index in [1.165, 1.54) is 23.9 Å². The molecule has 5 N–H and O–H groups in total. The second-order valence-electron chi connectivity index (χ2n) is 5.80. The van der Waals surface area contributed by atoms with Gasteiger partial charge >= 0.3 is 0 Å². The van der Waals surface area contributed by atoms with E-state index in [-0.39, 0.29) is 22.9 Å². The normalized spacial score (nSPS) is 11.0. The number of amides is 1. The third-order valence-electron chi connectivity index (χ3n) is 3.65. The molecule has 0 radical (unpaired) electrons. The van der Waals surface area contributed by atoms with Gasteiger partial charge in [0.2, 0.25) is 0 Å². The van der Waals surface area contributed by atoms with Crippen LogP contribution in [0.15, 0.2) is 57.5 Å². The number of guanidine groups is 1. The van der Waals surface area contributed by atoms with E-state index in [1.54, 1.807) is 0 Å². The second-order valence-corrected chi connectivity index (χ2v) is 8.78. The molecule has 0 aliphatic rings. The number of nitrogens with one attached hydrogen (secondary N) is 1. The van der Waals surface area contributed by atoms with Crippen LogP contribution in [0.25, 0.3) is 11.0 Å². The molecule has 0 aliphatic heterocycles. The molecule has 0 saturated carbocycles. The second kappa shape index (κ2) is 8.63. The van der Waals surface area contributed by atoms with Gasteiger partial charge in [0.1, 0.15) is 5.52 Å². The fraction of sp³-hybridized carbons (Fsp3) is 0.118. The topological polar surface area (TPSA) is 144 Å². The Morgan fingerprint density at radius 2 is 1.89 bits per heavy atom. The molecule has 1 aromatic heterocycles. The fourth-order valence-corrected chi connectivity index (χ4v) is 3.91. The number of carbonyl (C=O) groups is 1. The van der Waals surface area contributed by atoms with Crippen molar-refractivity contribution in [2.75, 3.05) is 6.26 Å². The summed E-state index contributed by atoms with van der Waals surface area (Å²) in [6.45, 7) is 0. The third kappa shape index (κ3) is 5.03. The summed E-state index contributed by atoms with van der Waals surface area (Å²) in [4.78, 5) is 23.3. The smallest absolute Gasteiger partial charge is 0.282 e. The van der Waals surface area contributed by atoms with Crippen LogP contribution in [0.5, 0.6) is 0 Å². The third-order valence-corrected chi connectivity index (χ3v) is 5.68. The maximum absolute atomic E-state index is 12.3. The van der Waals surface area contributed by atoms with Crippen LogP contribution in [0.2, 0.25) is 0 Å². The molecule has 11 heteroatoms. The van der Waals surface area contributed by atoms with E-state index in [0.717, 1.165) is 11.8 Å². The zero-order valence-corrected chi connectivity index (χ0v) is 17.2. The summed E-state index contributed by atoms with van der Waals surface area (Å²) in [6.07, 6.45) is 1.06. The van der Waals surface area contributed by atoms with Crippen LogP contribution in [-0.2, 0) is 15.6 Å². The Hall–Kier alpha value is -2.56. The summed E-state index contributed by atoms with van der Waals surface area (Å²) < 4.78 is 23.9. The molecule has 0 bridgehead atoms. The van der Waals surface area contributed by atoms with Gasteiger partial charge in [-0.15, -0.1) is 12.4 Å². The molecule has 1 heterocycles. The molecule has 0 spiro atoms. The summed E-state index contributed by atoms with van der Waals surface area (Å²) in [7, 11) is -3.54. The number of fused-ring (bicyclic) bond motifs is 1. The first kappa shape index (κ1) is 21.7. The first-order valence-corrected chi connectivity index (χ1v) is 10.7. The number of nitrogens with two attached hydrogens (primary N) is 2. The van der Waals surface area contributed by atoms with Crippen LogP contribution in [-0.4, -0.2) is 36.5 Å². The number of aromatic amines is 1. The van der Waals surface area contributed by atoms with Gasteiger partial charge < -0.3 is 16.5 Å². The van der Waals surface area contributed by atoms with Crippen LogP contribution in [0, 0.1) is 0 Å². The van der Waals surface area contributed by atoms with Crippen molar-refractivity contribution in [3.8, 4) is 0 Å². The fourth-order valence-electron chi connectivity index (χ4n) is 2.42. The van der Waals surface area contributed by atoms with Gasteiger partial charge in [0.25, 0.3) is 5.91 Å². The monoisotopic (exact) mass is 439 g/mol. The van der Waals surface area contributed by atoms with E-state index in [9.17, 15) is 13.2 Å². The number of halogens is 1. The van der Waals surface area contributed by atoms with Gasteiger partial charge in [0.05, 0.1) is 16.0 Å². The zero-order chi connectivity index (χ0) is 19.6. The lowest BCUT2D eigenvalue weighted by Gasteiger charge is -2.02. The molecule has 148 valence electrons. The maximum Gasteiger partial charge on any atom is 0.282 e. The molecular formula is C17H18ClN5O3S2. The van der Waals surface area contributed by atoms with Crippen LogP contribution < -0.4 is 11.5 Å². The van der Waals surface area contributed by atoms with E-state index in [2.05, 4.69) is 15.0 Å². The molecule has 1 amide bonds. The molecule has 0 saturated heterocycles. The number of nitrogens with zero attached hydrogens (tertiary/aromatic N) is 2.